The summed E-state index contributed by atoms with van der Waals surface area (Å²) in [6, 6.07) is 0. The quantitative estimate of drug-likeness (QED) is 0.542. The largest absolute Gasteiger partial charge is 0.102 e. The lowest BCUT2D eigenvalue weighted by Gasteiger charge is -2.09. The molecule has 1 rings (SSSR count). The van der Waals surface area contributed by atoms with Gasteiger partial charge >= 0.3 is 0 Å². The van der Waals surface area contributed by atoms with E-state index in [1.165, 1.54) is 0 Å². The number of rotatable bonds is 2. The molecule has 0 nitrogen and oxygen atoms in total. The van der Waals surface area contributed by atoms with Crippen LogP contribution in [-0.4, -0.2) is 0 Å². The smallest absolute Gasteiger partial charge is 0.00216 e. The number of hydrogen-bond donors (Lipinski definition) is 0. The molecule has 0 radical (unpaired) electrons. The average molecular weight is 160 g/mol. The molecular formula is C12H16. The van der Waals surface area contributed by atoms with Gasteiger partial charge in [0.2, 0.25) is 0 Å². The minimum absolute atomic E-state index is 0.520. The van der Waals surface area contributed by atoms with Gasteiger partial charge in [-0.3, -0.25) is 0 Å². The van der Waals surface area contributed by atoms with Crippen LogP contribution in [0.4, 0.5) is 0 Å². The van der Waals surface area contributed by atoms with Gasteiger partial charge in [-0.1, -0.05) is 36.5 Å². The first-order valence-electron chi connectivity index (χ1n) is 4.45. The van der Waals surface area contributed by atoms with Crippen molar-refractivity contribution < 1.29 is 0 Å². The van der Waals surface area contributed by atoms with Crippen molar-refractivity contribution in [2.24, 2.45) is 11.8 Å². The van der Waals surface area contributed by atoms with Crippen LogP contribution in [0.15, 0.2) is 49.6 Å². The summed E-state index contributed by atoms with van der Waals surface area (Å²) in [6.45, 7) is 7.58. The van der Waals surface area contributed by atoms with Crippen molar-refractivity contribution in [3.63, 3.8) is 0 Å². The van der Waals surface area contributed by atoms with Crippen molar-refractivity contribution in [2.75, 3.05) is 0 Å². The van der Waals surface area contributed by atoms with Crippen LogP contribution >= 0.6 is 0 Å². The predicted octanol–water partition coefficient (Wildman–Crippen LogP) is 3.50. The fraction of sp³-hybridized carbons (Fsp3) is 0.333. The first kappa shape index (κ1) is 9.05. The SMILES string of the molecule is C=CC1C=CCC(C=C)C=CC1. The van der Waals surface area contributed by atoms with E-state index in [0.717, 1.165) is 12.8 Å². The second kappa shape index (κ2) is 4.76. The summed E-state index contributed by atoms with van der Waals surface area (Å²) in [7, 11) is 0. The maximum atomic E-state index is 3.79. The first-order chi connectivity index (χ1) is 5.86. The van der Waals surface area contributed by atoms with Crippen molar-refractivity contribution in [1.29, 1.82) is 0 Å². The normalized spacial score (nSPS) is 29.0. The maximum Gasteiger partial charge on any atom is -0.00216 e. The molecule has 2 atom stereocenters. The molecule has 0 saturated heterocycles. The summed E-state index contributed by atoms with van der Waals surface area (Å²) in [5, 5.41) is 0. The van der Waals surface area contributed by atoms with E-state index in [4.69, 9.17) is 0 Å². The Morgan fingerprint density at radius 3 is 1.67 bits per heavy atom. The molecule has 1 aliphatic rings. The molecule has 12 heavy (non-hydrogen) atoms. The Hall–Kier alpha value is -1.04. The van der Waals surface area contributed by atoms with Crippen molar-refractivity contribution >= 4 is 0 Å². The summed E-state index contributed by atoms with van der Waals surface area (Å²) < 4.78 is 0. The fourth-order valence-corrected chi connectivity index (χ4v) is 1.33. The highest BCUT2D eigenvalue weighted by Gasteiger charge is 2.02. The lowest BCUT2D eigenvalue weighted by molar-refractivity contribution is 0.762. The van der Waals surface area contributed by atoms with Crippen LogP contribution in [0.2, 0.25) is 0 Å². The van der Waals surface area contributed by atoms with Crippen molar-refractivity contribution in [3.05, 3.63) is 49.6 Å². The molecular weight excluding hydrogens is 144 g/mol. The van der Waals surface area contributed by atoms with Gasteiger partial charge < -0.3 is 0 Å². The lowest BCUT2D eigenvalue weighted by Crippen LogP contribution is -1.95. The molecule has 0 aromatic carbocycles. The fourth-order valence-electron chi connectivity index (χ4n) is 1.33. The number of allylic oxidation sites excluding steroid dienone is 6. The van der Waals surface area contributed by atoms with Crippen LogP contribution in [0.3, 0.4) is 0 Å². The van der Waals surface area contributed by atoms with Crippen molar-refractivity contribution in [1.82, 2.24) is 0 Å². The molecule has 0 heteroatoms. The zero-order valence-electron chi connectivity index (χ0n) is 7.45. The molecule has 0 saturated carbocycles. The molecule has 0 aliphatic heterocycles. The van der Waals surface area contributed by atoms with E-state index < -0.39 is 0 Å². The van der Waals surface area contributed by atoms with Gasteiger partial charge in [0, 0.05) is 0 Å². The molecule has 0 spiro atoms. The Bertz CT molecular complexity index is 184. The van der Waals surface area contributed by atoms with Gasteiger partial charge in [-0.25, -0.2) is 0 Å². The van der Waals surface area contributed by atoms with Gasteiger partial charge in [-0.15, -0.1) is 13.2 Å². The van der Waals surface area contributed by atoms with E-state index >= 15 is 0 Å². The van der Waals surface area contributed by atoms with Gasteiger partial charge in [0.15, 0.2) is 0 Å². The van der Waals surface area contributed by atoms with Crippen LogP contribution < -0.4 is 0 Å². The van der Waals surface area contributed by atoms with E-state index in [0.29, 0.717) is 11.8 Å². The molecule has 0 aromatic rings. The molecule has 0 N–H and O–H groups in total. The van der Waals surface area contributed by atoms with Gasteiger partial charge in [0.25, 0.3) is 0 Å². The zero-order valence-corrected chi connectivity index (χ0v) is 7.45. The third-order valence-electron chi connectivity index (χ3n) is 2.19. The summed E-state index contributed by atoms with van der Waals surface area (Å²) in [6.07, 6.45) is 15.0. The van der Waals surface area contributed by atoms with Crippen LogP contribution in [0, 0.1) is 11.8 Å². The minimum atomic E-state index is 0.520. The van der Waals surface area contributed by atoms with Crippen LogP contribution in [0.5, 0.6) is 0 Å². The van der Waals surface area contributed by atoms with Crippen molar-refractivity contribution in [2.45, 2.75) is 12.8 Å². The molecule has 0 amide bonds. The molecule has 0 aromatic heterocycles. The van der Waals surface area contributed by atoms with Gasteiger partial charge in [0.1, 0.15) is 0 Å². The Morgan fingerprint density at radius 2 is 1.33 bits per heavy atom. The highest BCUT2D eigenvalue weighted by molar-refractivity contribution is 5.09. The summed E-state index contributed by atoms with van der Waals surface area (Å²) >= 11 is 0. The molecule has 1 aliphatic carbocycles. The minimum Gasteiger partial charge on any atom is -0.102 e. The molecule has 0 fully saturated rings. The number of hydrogen-bond acceptors (Lipinski definition) is 0. The maximum absolute atomic E-state index is 3.79. The van der Waals surface area contributed by atoms with Gasteiger partial charge in [0.05, 0.1) is 0 Å². The Kier molecular flexibility index (Phi) is 3.59. The summed E-state index contributed by atoms with van der Waals surface area (Å²) in [5.74, 6) is 1.04. The van der Waals surface area contributed by atoms with Gasteiger partial charge in [-0.05, 0) is 24.7 Å². The third-order valence-corrected chi connectivity index (χ3v) is 2.19. The summed E-state index contributed by atoms with van der Waals surface area (Å²) in [5.41, 5.74) is 0. The third kappa shape index (κ3) is 2.54. The monoisotopic (exact) mass is 160 g/mol. The van der Waals surface area contributed by atoms with E-state index in [1.54, 1.807) is 0 Å². The average Bonchev–Trinajstić information content (AvgIpc) is 2.05. The van der Waals surface area contributed by atoms with E-state index in [-0.39, 0.29) is 0 Å². The first-order valence-corrected chi connectivity index (χ1v) is 4.45. The van der Waals surface area contributed by atoms with E-state index in [2.05, 4.69) is 37.5 Å². The molecule has 64 valence electrons. The predicted molar refractivity (Wildman–Crippen MR) is 54.9 cm³/mol. The van der Waals surface area contributed by atoms with Gasteiger partial charge in [-0.2, -0.15) is 0 Å². The second-order valence-electron chi connectivity index (χ2n) is 3.13. The van der Waals surface area contributed by atoms with E-state index in [9.17, 15) is 0 Å². The molecule has 0 heterocycles. The molecule has 0 bridgehead atoms. The molecule has 2 unspecified atom stereocenters. The summed E-state index contributed by atoms with van der Waals surface area (Å²) in [4.78, 5) is 0. The van der Waals surface area contributed by atoms with E-state index in [1.807, 2.05) is 12.2 Å². The second-order valence-corrected chi connectivity index (χ2v) is 3.13. The lowest BCUT2D eigenvalue weighted by atomic mass is 9.96. The standard InChI is InChI=1S/C12H16/c1-3-11-7-5-9-12(4-2)10-6-8-11/h3-7,10-12H,1-2,8-9H2. The van der Waals surface area contributed by atoms with Crippen LogP contribution in [0.25, 0.3) is 0 Å². The Balaban J connectivity index is 2.58. The zero-order chi connectivity index (χ0) is 8.81. The van der Waals surface area contributed by atoms with Crippen LogP contribution in [0.1, 0.15) is 12.8 Å². The highest BCUT2D eigenvalue weighted by Crippen LogP contribution is 2.16. The topological polar surface area (TPSA) is 0 Å². The Labute approximate surface area is 75.0 Å². The Morgan fingerprint density at radius 1 is 0.917 bits per heavy atom. The highest BCUT2D eigenvalue weighted by atomic mass is 14.1. The van der Waals surface area contributed by atoms with Crippen LogP contribution in [-0.2, 0) is 0 Å². The van der Waals surface area contributed by atoms with Crippen molar-refractivity contribution in [3.8, 4) is 0 Å².